The Hall–Kier alpha value is -3.19. The topological polar surface area (TPSA) is 87.3 Å². The average Bonchev–Trinajstić information content (AvgIpc) is 3.49. The van der Waals surface area contributed by atoms with Crippen LogP contribution in [0.3, 0.4) is 0 Å². The number of nitrogens with zero attached hydrogens (tertiary/aromatic N) is 2. The normalized spacial score (nSPS) is 19.0. The molecule has 7 heteroatoms. The minimum absolute atomic E-state index is 0.0322. The zero-order valence-corrected chi connectivity index (χ0v) is 16.7. The maximum atomic E-state index is 12.7. The van der Waals surface area contributed by atoms with Crippen LogP contribution in [0.2, 0.25) is 0 Å². The minimum Gasteiger partial charge on any atom is -0.370 e. The van der Waals surface area contributed by atoms with E-state index in [-0.39, 0.29) is 17.9 Å². The molecule has 7 nitrogen and oxygen atoms in total. The van der Waals surface area contributed by atoms with Gasteiger partial charge >= 0.3 is 0 Å². The minimum atomic E-state index is -0.169. The van der Waals surface area contributed by atoms with E-state index in [0.717, 1.165) is 54.8 Å². The van der Waals surface area contributed by atoms with Gasteiger partial charge in [0.25, 0.3) is 5.91 Å². The van der Waals surface area contributed by atoms with Crippen molar-refractivity contribution in [2.75, 3.05) is 18.5 Å². The number of imidazole rings is 1. The Morgan fingerprint density at radius 3 is 2.80 bits per heavy atom. The molecule has 2 aromatic carbocycles. The molecule has 2 N–H and O–H groups in total. The summed E-state index contributed by atoms with van der Waals surface area (Å²) < 4.78 is 5.69. The SMILES string of the molecule is O=C(Nc1ccc2nc(C3CCCO3)[nH]c2c1)c1ccc(CN2CCCC2=O)cc1. The first-order chi connectivity index (χ1) is 14.7. The summed E-state index contributed by atoms with van der Waals surface area (Å²) in [6.07, 6.45) is 3.62. The molecule has 3 aromatic rings. The molecule has 1 unspecified atom stereocenters. The first kappa shape index (κ1) is 18.8. The molecule has 0 bridgehead atoms. The second-order valence-electron chi connectivity index (χ2n) is 7.93. The highest BCUT2D eigenvalue weighted by atomic mass is 16.5. The number of fused-ring (bicyclic) bond motifs is 1. The summed E-state index contributed by atoms with van der Waals surface area (Å²) in [4.78, 5) is 34.2. The average molecular weight is 404 g/mol. The fourth-order valence-corrected chi connectivity index (χ4v) is 4.11. The molecule has 0 radical (unpaired) electrons. The number of carbonyl (C=O) groups excluding carboxylic acids is 2. The van der Waals surface area contributed by atoms with Gasteiger partial charge in [0.2, 0.25) is 5.91 Å². The Morgan fingerprint density at radius 1 is 1.20 bits per heavy atom. The molecule has 5 rings (SSSR count). The number of aromatic amines is 1. The van der Waals surface area contributed by atoms with Gasteiger partial charge in [0.15, 0.2) is 0 Å². The number of H-pyrrole nitrogens is 1. The van der Waals surface area contributed by atoms with E-state index in [0.29, 0.717) is 24.2 Å². The molecular weight excluding hydrogens is 380 g/mol. The molecule has 3 heterocycles. The van der Waals surface area contributed by atoms with Crippen molar-refractivity contribution in [2.45, 2.75) is 38.3 Å². The van der Waals surface area contributed by atoms with Crippen LogP contribution in [0.5, 0.6) is 0 Å². The predicted octanol–water partition coefficient (Wildman–Crippen LogP) is 3.79. The van der Waals surface area contributed by atoms with Gasteiger partial charge in [-0.3, -0.25) is 9.59 Å². The van der Waals surface area contributed by atoms with Crippen LogP contribution in [0, 0.1) is 0 Å². The van der Waals surface area contributed by atoms with Gasteiger partial charge in [-0.15, -0.1) is 0 Å². The quantitative estimate of drug-likeness (QED) is 0.677. The van der Waals surface area contributed by atoms with Gasteiger partial charge < -0.3 is 19.9 Å². The van der Waals surface area contributed by atoms with E-state index >= 15 is 0 Å². The van der Waals surface area contributed by atoms with E-state index in [9.17, 15) is 9.59 Å². The van der Waals surface area contributed by atoms with Crippen molar-refractivity contribution in [3.8, 4) is 0 Å². The number of nitrogens with one attached hydrogen (secondary N) is 2. The fourth-order valence-electron chi connectivity index (χ4n) is 4.11. The Kier molecular flexibility index (Phi) is 4.96. The van der Waals surface area contributed by atoms with E-state index in [1.54, 1.807) is 12.1 Å². The lowest BCUT2D eigenvalue weighted by molar-refractivity contribution is -0.128. The van der Waals surface area contributed by atoms with Crippen molar-refractivity contribution in [3.05, 3.63) is 59.4 Å². The van der Waals surface area contributed by atoms with Crippen molar-refractivity contribution in [1.82, 2.24) is 14.9 Å². The summed E-state index contributed by atoms with van der Waals surface area (Å²) in [6.45, 7) is 2.19. The van der Waals surface area contributed by atoms with Crippen LogP contribution in [-0.4, -0.2) is 39.8 Å². The molecule has 1 atom stereocenters. The van der Waals surface area contributed by atoms with Crippen molar-refractivity contribution in [2.24, 2.45) is 0 Å². The molecule has 2 aliphatic rings. The highest BCUT2D eigenvalue weighted by molar-refractivity contribution is 6.05. The van der Waals surface area contributed by atoms with Crippen LogP contribution in [0.1, 0.15) is 53.5 Å². The molecule has 154 valence electrons. The van der Waals surface area contributed by atoms with E-state index in [2.05, 4.69) is 15.3 Å². The summed E-state index contributed by atoms with van der Waals surface area (Å²) in [5.74, 6) is 0.878. The van der Waals surface area contributed by atoms with Gasteiger partial charge in [0, 0.05) is 37.4 Å². The molecule has 2 fully saturated rings. The third-order valence-electron chi connectivity index (χ3n) is 5.75. The number of aromatic nitrogens is 2. The van der Waals surface area contributed by atoms with Gasteiger partial charge in [-0.05, 0) is 55.2 Å². The number of likely N-dealkylation sites (tertiary alicyclic amines) is 1. The van der Waals surface area contributed by atoms with Crippen LogP contribution in [0.15, 0.2) is 42.5 Å². The van der Waals surface area contributed by atoms with Gasteiger partial charge in [-0.1, -0.05) is 12.1 Å². The summed E-state index contributed by atoms with van der Waals surface area (Å²) >= 11 is 0. The Bertz CT molecular complexity index is 1080. The summed E-state index contributed by atoms with van der Waals surface area (Å²) in [6, 6.07) is 13.1. The molecule has 30 heavy (non-hydrogen) atoms. The third-order valence-corrected chi connectivity index (χ3v) is 5.75. The van der Waals surface area contributed by atoms with Gasteiger partial charge in [-0.2, -0.15) is 0 Å². The van der Waals surface area contributed by atoms with Crippen molar-refractivity contribution < 1.29 is 14.3 Å². The second kappa shape index (κ2) is 7.91. The lowest BCUT2D eigenvalue weighted by Crippen LogP contribution is -2.23. The van der Waals surface area contributed by atoms with Gasteiger partial charge in [0.1, 0.15) is 11.9 Å². The lowest BCUT2D eigenvalue weighted by Gasteiger charge is -2.15. The molecule has 0 saturated carbocycles. The van der Waals surface area contributed by atoms with E-state index in [4.69, 9.17) is 4.74 Å². The lowest BCUT2D eigenvalue weighted by atomic mass is 10.1. The number of amides is 2. The summed E-state index contributed by atoms with van der Waals surface area (Å²) in [5, 5.41) is 2.95. The summed E-state index contributed by atoms with van der Waals surface area (Å²) in [7, 11) is 0. The van der Waals surface area contributed by atoms with Crippen molar-refractivity contribution in [3.63, 3.8) is 0 Å². The standard InChI is InChI=1S/C23H24N4O3/c28-21-4-1-11-27(21)14-15-5-7-16(8-6-15)23(29)24-17-9-10-18-19(13-17)26-22(25-18)20-3-2-12-30-20/h5-10,13,20H,1-4,11-12,14H2,(H,24,29)(H,25,26). The fraction of sp³-hybridized carbons (Fsp3) is 0.348. The smallest absolute Gasteiger partial charge is 0.255 e. The molecule has 0 spiro atoms. The largest absolute Gasteiger partial charge is 0.370 e. The van der Waals surface area contributed by atoms with E-state index < -0.39 is 0 Å². The Morgan fingerprint density at radius 2 is 2.07 bits per heavy atom. The van der Waals surface area contributed by atoms with Crippen molar-refractivity contribution in [1.29, 1.82) is 0 Å². The first-order valence-corrected chi connectivity index (χ1v) is 10.4. The van der Waals surface area contributed by atoms with Gasteiger partial charge in [0.05, 0.1) is 11.0 Å². The highest BCUT2D eigenvalue weighted by Crippen LogP contribution is 2.28. The van der Waals surface area contributed by atoms with Crippen LogP contribution >= 0.6 is 0 Å². The van der Waals surface area contributed by atoms with Crippen LogP contribution in [-0.2, 0) is 16.1 Å². The monoisotopic (exact) mass is 404 g/mol. The molecule has 2 saturated heterocycles. The number of ether oxygens (including phenoxy) is 1. The van der Waals surface area contributed by atoms with Gasteiger partial charge in [-0.25, -0.2) is 4.98 Å². The Labute approximate surface area is 174 Å². The maximum Gasteiger partial charge on any atom is 0.255 e. The van der Waals surface area contributed by atoms with Crippen molar-refractivity contribution >= 4 is 28.5 Å². The van der Waals surface area contributed by atoms with Crippen LogP contribution in [0.25, 0.3) is 11.0 Å². The molecular formula is C23H24N4O3. The second-order valence-corrected chi connectivity index (χ2v) is 7.93. The number of hydrogen-bond donors (Lipinski definition) is 2. The van der Waals surface area contributed by atoms with Crippen LogP contribution < -0.4 is 5.32 Å². The predicted molar refractivity (Wildman–Crippen MR) is 113 cm³/mol. The summed E-state index contributed by atoms with van der Waals surface area (Å²) in [5.41, 5.74) is 4.06. The Balaban J connectivity index is 1.26. The van der Waals surface area contributed by atoms with Crippen LogP contribution in [0.4, 0.5) is 5.69 Å². The first-order valence-electron chi connectivity index (χ1n) is 10.4. The number of carbonyl (C=O) groups is 2. The maximum absolute atomic E-state index is 12.7. The highest BCUT2D eigenvalue weighted by Gasteiger charge is 2.21. The molecule has 2 amide bonds. The third kappa shape index (κ3) is 3.80. The number of hydrogen-bond acceptors (Lipinski definition) is 4. The number of benzene rings is 2. The number of anilines is 1. The molecule has 1 aromatic heterocycles. The zero-order chi connectivity index (χ0) is 20.5. The van der Waals surface area contributed by atoms with E-state index in [1.165, 1.54) is 0 Å². The molecule has 0 aliphatic carbocycles. The number of rotatable bonds is 5. The molecule has 2 aliphatic heterocycles. The van der Waals surface area contributed by atoms with E-state index in [1.807, 2.05) is 35.2 Å². The zero-order valence-electron chi connectivity index (χ0n) is 16.7.